The summed E-state index contributed by atoms with van der Waals surface area (Å²) < 4.78 is 5.16. The molecule has 2 saturated heterocycles. The van der Waals surface area contributed by atoms with Crippen molar-refractivity contribution < 1.29 is 19.4 Å². The molecule has 2 rings (SSSR count). The summed E-state index contributed by atoms with van der Waals surface area (Å²) in [6.45, 7) is 7.13. The summed E-state index contributed by atoms with van der Waals surface area (Å²) in [6, 6.07) is 0.607. The number of carbonyl (C=O) groups is 2. The molecule has 0 aromatic carbocycles. The zero-order chi connectivity index (χ0) is 14.9. The third-order valence-electron chi connectivity index (χ3n) is 4.48. The number of likely N-dealkylation sites (tertiary alicyclic amines) is 1. The molecule has 0 radical (unpaired) electrons. The van der Waals surface area contributed by atoms with E-state index in [2.05, 4.69) is 18.7 Å². The first-order chi connectivity index (χ1) is 9.41. The fourth-order valence-corrected chi connectivity index (χ4v) is 3.37. The van der Waals surface area contributed by atoms with Crippen LogP contribution in [0.15, 0.2) is 0 Å². The van der Waals surface area contributed by atoms with E-state index in [1.54, 1.807) is 4.90 Å². The van der Waals surface area contributed by atoms with Gasteiger partial charge in [-0.25, -0.2) is 4.79 Å². The molecule has 0 spiro atoms. The molecular weight excluding hydrogens is 260 g/mol. The zero-order valence-electron chi connectivity index (χ0n) is 12.4. The average Bonchev–Trinajstić information content (AvgIpc) is 2.76. The van der Waals surface area contributed by atoms with Crippen molar-refractivity contribution in [2.45, 2.75) is 57.8 Å². The number of hydrogen-bond acceptors (Lipinski definition) is 4. The number of aliphatic carboxylic acids is 1. The summed E-state index contributed by atoms with van der Waals surface area (Å²) in [7, 11) is 0. The first-order valence-electron chi connectivity index (χ1n) is 7.32. The van der Waals surface area contributed by atoms with E-state index in [0.29, 0.717) is 25.2 Å². The van der Waals surface area contributed by atoms with E-state index in [1.807, 2.05) is 6.92 Å². The maximum absolute atomic E-state index is 12.6. The zero-order valence-corrected chi connectivity index (χ0v) is 12.4. The van der Waals surface area contributed by atoms with Crippen LogP contribution in [0.25, 0.3) is 0 Å². The molecule has 4 unspecified atom stereocenters. The summed E-state index contributed by atoms with van der Waals surface area (Å²) in [5.41, 5.74) is 0. The summed E-state index contributed by atoms with van der Waals surface area (Å²) in [5.74, 6) is -0.988. The molecule has 0 aliphatic carbocycles. The highest BCUT2D eigenvalue weighted by atomic mass is 16.5. The lowest BCUT2D eigenvalue weighted by Gasteiger charge is -2.37. The van der Waals surface area contributed by atoms with E-state index in [-0.39, 0.29) is 18.5 Å². The van der Waals surface area contributed by atoms with Crippen molar-refractivity contribution >= 4 is 11.9 Å². The molecule has 6 heteroatoms. The lowest BCUT2D eigenvalue weighted by atomic mass is 10.1. The Labute approximate surface area is 119 Å². The number of nitrogens with zero attached hydrogens (tertiary/aromatic N) is 2. The molecule has 114 valence electrons. The van der Waals surface area contributed by atoms with Crippen molar-refractivity contribution in [2.75, 3.05) is 19.7 Å². The summed E-state index contributed by atoms with van der Waals surface area (Å²) in [6.07, 6.45) is 1.33. The van der Waals surface area contributed by atoms with Gasteiger partial charge in [0, 0.05) is 18.6 Å². The van der Waals surface area contributed by atoms with Crippen LogP contribution in [0.4, 0.5) is 0 Å². The number of morpholine rings is 1. The predicted octanol–water partition coefficient (Wildman–Crippen LogP) is 0.560. The minimum atomic E-state index is -1.00. The van der Waals surface area contributed by atoms with Gasteiger partial charge in [0.2, 0.25) is 5.91 Å². The Morgan fingerprint density at radius 3 is 2.40 bits per heavy atom. The molecule has 2 fully saturated rings. The van der Waals surface area contributed by atoms with Crippen molar-refractivity contribution in [3.05, 3.63) is 0 Å². The SMILES string of the molecule is CC1CCC(C)N1C(C)C(=O)N1CCOC(C(=O)O)C1. The topological polar surface area (TPSA) is 70.1 Å². The minimum absolute atomic E-state index is 0.0140. The van der Waals surface area contributed by atoms with E-state index in [0.717, 1.165) is 12.8 Å². The highest BCUT2D eigenvalue weighted by Gasteiger charge is 2.38. The fraction of sp³-hybridized carbons (Fsp3) is 0.857. The molecule has 1 N–H and O–H groups in total. The second-order valence-corrected chi connectivity index (χ2v) is 5.88. The molecule has 0 saturated carbocycles. The van der Waals surface area contributed by atoms with Crippen molar-refractivity contribution in [3.63, 3.8) is 0 Å². The lowest BCUT2D eigenvalue weighted by Crippen LogP contribution is -2.55. The van der Waals surface area contributed by atoms with Crippen LogP contribution >= 0.6 is 0 Å². The van der Waals surface area contributed by atoms with Gasteiger partial charge in [0.15, 0.2) is 6.10 Å². The van der Waals surface area contributed by atoms with Crippen LogP contribution in [0, 0.1) is 0 Å². The van der Waals surface area contributed by atoms with Crippen LogP contribution < -0.4 is 0 Å². The van der Waals surface area contributed by atoms with E-state index in [1.165, 1.54) is 0 Å². The number of carboxylic acid groups (broad SMARTS) is 1. The smallest absolute Gasteiger partial charge is 0.334 e. The molecule has 0 bridgehead atoms. The van der Waals surface area contributed by atoms with Crippen molar-refractivity contribution in [3.8, 4) is 0 Å². The normalized spacial score (nSPS) is 33.1. The molecule has 4 atom stereocenters. The van der Waals surface area contributed by atoms with Gasteiger partial charge in [-0.2, -0.15) is 0 Å². The number of ether oxygens (including phenoxy) is 1. The molecule has 2 heterocycles. The Balaban J connectivity index is 2.01. The molecule has 2 aliphatic heterocycles. The summed E-state index contributed by atoms with van der Waals surface area (Å²) >= 11 is 0. The van der Waals surface area contributed by atoms with Crippen LogP contribution in [0.3, 0.4) is 0 Å². The second-order valence-electron chi connectivity index (χ2n) is 5.88. The Kier molecular flexibility index (Phi) is 4.65. The third-order valence-corrected chi connectivity index (χ3v) is 4.48. The van der Waals surface area contributed by atoms with Gasteiger partial charge in [0.05, 0.1) is 19.2 Å². The first-order valence-corrected chi connectivity index (χ1v) is 7.32. The molecule has 2 aliphatic rings. The van der Waals surface area contributed by atoms with Gasteiger partial charge in [-0.1, -0.05) is 0 Å². The van der Waals surface area contributed by atoms with Gasteiger partial charge >= 0.3 is 5.97 Å². The fourth-order valence-electron chi connectivity index (χ4n) is 3.37. The van der Waals surface area contributed by atoms with E-state index >= 15 is 0 Å². The van der Waals surface area contributed by atoms with Gasteiger partial charge in [-0.3, -0.25) is 9.69 Å². The Hall–Kier alpha value is -1.14. The lowest BCUT2D eigenvalue weighted by molar-refractivity contribution is -0.161. The number of amides is 1. The maximum atomic E-state index is 12.6. The van der Waals surface area contributed by atoms with Crippen LogP contribution in [0.5, 0.6) is 0 Å². The van der Waals surface area contributed by atoms with Crippen LogP contribution in [-0.4, -0.2) is 70.7 Å². The number of rotatable bonds is 3. The summed E-state index contributed by atoms with van der Waals surface area (Å²) in [4.78, 5) is 27.4. The van der Waals surface area contributed by atoms with Crippen molar-refractivity contribution in [2.24, 2.45) is 0 Å². The van der Waals surface area contributed by atoms with E-state index in [4.69, 9.17) is 9.84 Å². The standard InChI is InChI=1S/C14H24N2O4/c1-9-4-5-10(2)16(9)11(3)13(17)15-6-7-20-12(8-15)14(18)19/h9-12H,4-8H2,1-3H3,(H,18,19). The van der Waals surface area contributed by atoms with Gasteiger partial charge in [-0.05, 0) is 33.6 Å². The van der Waals surface area contributed by atoms with E-state index < -0.39 is 12.1 Å². The molecule has 20 heavy (non-hydrogen) atoms. The summed E-state index contributed by atoms with van der Waals surface area (Å²) in [5, 5.41) is 9.00. The van der Waals surface area contributed by atoms with Crippen molar-refractivity contribution in [1.29, 1.82) is 0 Å². The van der Waals surface area contributed by atoms with Crippen LogP contribution in [0.2, 0.25) is 0 Å². The van der Waals surface area contributed by atoms with Crippen molar-refractivity contribution in [1.82, 2.24) is 9.80 Å². The Bertz CT molecular complexity index is 377. The number of carboxylic acids is 1. The maximum Gasteiger partial charge on any atom is 0.334 e. The highest BCUT2D eigenvalue weighted by molar-refractivity contribution is 5.83. The highest BCUT2D eigenvalue weighted by Crippen LogP contribution is 2.26. The quantitative estimate of drug-likeness (QED) is 0.820. The van der Waals surface area contributed by atoms with Gasteiger partial charge in [0.25, 0.3) is 0 Å². The monoisotopic (exact) mass is 284 g/mol. The first kappa shape index (κ1) is 15.3. The molecule has 6 nitrogen and oxygen atoms in total. The minimum Gasteiger partial charge on any atom is -0.479 e. The number of carbonyl (C=O) groups excluding carboxylic acids is 1. The second kappa shape index (κ2) is 6.10. The van der Waals surface area contributed by atoms with Crippen LogP contribution in [0.1, 0.15) is 33.6 Å². The van der Waals surface area contributed by atoms with Gasteiger partial charge in [0.1, 0.15) is 0 Å². The van der Waals surface area contributed by atoms with Gasteiger partial charge in [-0.15, -0.1) is 0 Å². The molecular formula is C14H24N2O4. The Morgan fingerprint density at radius 1 is 1.25 bits per heavy atom. The van der Waals surface area contributed by atoms with E-state index in [9.17, 15) is 9.59 Å². The predicted molar refractivity (Wildman–Crippen MR) is 73.4 cm³/mol. The van der Waals surface area contributed by atoms with Crippen LogP contribution in [-0.2, 0) is 14.3 Å². The molecule has 0 aromatic rings. The molecule has 0 aromatic heterocycles. The molecule has 1 amide bonds. The third kappa shape index (κ3) is 2.96. The largest absolute Gasteiger partial charge is 0.479 e. The Morgan fingerprint density at radius 2 is 1.85 bits per heavy atom. The number of hydrogen-bond donors (Lipinski definition) is 1. The van der Waals surface area contributed by atoms with Gasteiger partial charge < -0.3 is 14.7 Å². The average molecular weight is 284 g/mol.